The van der Waals surface area contributed by atoms with Crippen molar-refractivity contribution in [3.8, 4) is 0 Å². The molecule has 1 amide bonds. The van der Waals surface area contributed by atoms with E-state index in [2.05, 4.69) is 20.3 Å². The minimum Gasteiger partial charge on any atom is -0.353 e. The standard InChI is InChI=1S/C21H27N7O2/c1-13-11-22-17-7-8-18(24-27(13)17)26-10-9-15(12-26)23-20(29)19-14(2)25(3)28(21(19)30)16-5-4-6-16/h7-8,11,15-16H,4-6,9-10,12H2,1-3H3,(H,23,29)/t15-/m0/s1. The number of fused-ring (bicyclic) bond motifs is 1. The Morgan fingerprint density at radius 1 is 1.20 bits per heavy atom. The van der Waals surface area contributed by atoms with E-state index >= 15 is 0 Å². The topological polar surface area (TPSA) is 89.5 Å². The van der Waals surface area contributed by atoms with Crippen molar-refractivity contribution in [2.75, 3.05) is 18.0 Å². The fraction of sp³-hybridized carbons (Fsp3) is 0.524. The number of hydrogen-bond acceptors (Lipinski definition) is 5. The maximum absolute atomic E-state index is 13.0. The molecule has 0 unspecified atom stereocenters. The predicted octanol–water partition coefficient (Wildman–Crippen LogP) is 1.58. The van der Waals surface area contributed by atoms with Gasteiger partial charge >= 0.3 is 0 Å². The summed E-state index contributed by atoms with van der Waals surface area (Å²) in [6.45, 7) is 5.29. The first-order valence-electron chi connectivity index (χ1n) is 10.6. The number of aromatic nitrogens is 5. The maximum atomic E-state index is 13.0. The minimum atomic E-state index is -0.271. The van der Waals surface area contributed by atoms with Gasteiger partial charge in [-0.05, 0) is 51.7 Å². The van der Waals surface area contributed by atoms with Crippen molar-refractivity contribution in [2.24, 2.45) is 7.05 Å². The van der Waals surface area contributed by atoms with Gasteiger partial charge in [0.1, 0.15) is 11.4 Å². The van der Waals surface area contributed by atoms with E-state index in [1.54, 1.807) is 10.9 Å². The third kappa shape index (κ3) is 2.91. The second-order valence-corrected chi connectivity index (χ2v) is 8.48. The average molecular weight is 409 g/mol. The van der Waals surface area contributed by atoms with Gasteiger partial charge in [-0.2, -0.15) is 0 Å². The predicted molar refractivity (Wildman–Crippen MR) is 113 cm³/mol. The maximum Gasteiger partial charge on any atom is 0.280 e. The summed E-state index contributed by atoms with van der Waals surface area (Å²) in [5, 5.41) is 7.76. The molecule has 0 bridgehead atoms. The second-order valence-electron chi connectivity index (χ2n) is 8.48. The Hall–Kier alpha value is -3.10. The molecule has 5 rings (SSSR count). The number of amides is 1. The van der Waals surface area contributed by atoms with Crippen LogP contribution in [0.4, 0.5) is 5.82 Å². The summed E-state index contributed by atoms with van der Waals surface area (Å²) in [5.74, 6) is 0.593. The Balaban J connectivity index is 1.32. The summed E-state index contributed by atoms with van der Waals surface area (Å²) in [7, 11) is 1.86. The van der Waals surface area contributed by atoms with Crippen LogP contribution in [0, 0.1) is 13.8 Å². The van der Waals surface area contributed by atoms with Crippen LogP contribution < -0.4 is 15.8 Å². The monoisotopic (exact) mass is 409 g/mol. The molecule has 1 atom stereocenters. The first-order chi connectivity index (χ1) is 14.4. The quantitative estimate of drug-likeness (QED) is 0.707. The molecule has 3 aromatic heterocycles. The molecule has 9 heteroatoms. The molecule has 1 saturated heterocycles. The van der Waals surface area contributed by atoms with Crippen LogP contribution in [-0.4, -0.2) is 49.0 Å². The molecule has 1 saturated carbocycles. The van der Waals surface area contributed by atoms with Crippen LogP contribution in [0.1, 0.15) is 53.5 Å². The Bertz CT molecular complexity index is 1180. The average Bonchev–Trinajstić information content (AvgIpc) is 3.35. The summed E-state index contributed by atoms with van der Waals surface area (Å²) in [6.07, 6.45) is 5.76. The van der Waals surface area contributed by atoms with Gasteiger partial charge in [-0.1, -0.05) is 0 Å². The molecule has 1 aliphatic heterocycles. The van der Waals surface area contributed by atoms with E-state index in [1.807, 2.05) is 42.2 Å². The van der Waals surface area contributed by atoms with Gasteiger partial charge in [0.05, 0.1) is 17.9 Å². The van der Waals surface area contributed by atoms with Crippen LogP contribution >= 0.6 is 0 Å². The van der Waals surface area contributed by atoms with Crippen LogP contribution in [0.3, 0.4) is 0 Å². The van der Waals surface area contributed by atoms with Crippen molar-refractivity contribution in [1.82, 2.24) is 29.3 Å². The van der Waals surface area contributed by atoms with Crippen LogP contribution in [0.15, 0.2) is 23.1 Å². The largest absolute Gasteiger partial charge is 0.353 e. The molecule has 2 fully saturated rings. The molecule has 1 N–H and O–H groups in total. The molecule has 2 aliphatic rings. The highest BCUT2D eigenvalue weighted by Gasteiger charge is 2.31. The van der Waals surface area contributed by atoms with Crippen LogP contribution in [0.25, 0.3) is 5.65 Å². The van der Waals surface area contributed by atoms with E-state index in [0.29, 0.717) is 6.54 Å². The molecule has 9 nitrogen and oxygen atoms in total. The number of nitrogens with one attached hydrogen (secondary N) is 1. The lowest BCUT2D eigenvalue weighted by Crippen LogP contribution is -2.40. The van der Waals surface area contributed by atoms with E-state index in [1.165, 1.54) is 0 Å². The van der Waals surface area contributed by atoms with Gasteiger partial charge in [0.15, 0.2) is 5.65 Å². The highest BCUT2D eigenvalue weighted by molar-refractivity contribution is 5.95. The van der Waals surface area contributed by atoms with Gasteiger partial charge in [-0.15, -0.1) is 5.10 Å². The lowest BCUT2D eigenvalue weighted by atomic mass is 9.93. The van der Waals surface area contributed by atoms with Crippen molar-refractivity contribution in [1.29, 1.82) is 0 Å². The highest BCUT2D eigenvalue weighted by Crippen LogP contribution is 2.30. The van der Waals surface area contributed by atoms with Gasteiger partial charge in [0.25, 0.3) is 11.5 Å². The molecule has 0 aromatic carbocycles. The smallest absolute Gasteiger partial charge is 0.280 e. The van der Waals surface area contributed by atoms with E-state index in [9.17, 15) is 9.59 Å². The van der Waals surface area contributed by atoms with Crippen molar-refractivity contribution < 1.29 is 4.79 Å². The fourth-order valence-corrected chi connectivity index (χ4v) is 4.52. The lowest BCUT2D eigenvalue weighted by Gasteiger charge is -2.27. The molecule has 3 aromatic rings. The minimum absolute atomic E-state index is 0.0185. The summed E-state index contributed by atoms with van der Waals surface area (Å²) in [4.78, 5) is 32.4. The van der Waals surface area contributed by atoms with Crippen molar-refractivity contribution in [2.45, 2.75) is 51.6 Å². The Labute approximate surface area is 174 Å². The summed E-state index contributed by atoms with van der Waals surface area (Å²) in [5.41, 5.74) is 2.63. The number of hydrogen-bond donors (Lipinski definition) is 1. The van der Waals surface area contributed by atoms with Gasteiger partial charge < -0.3 is 10.2 Å². The molecular formula is C21H27N7O2. The zero-order chi connectivity index (χ0) is 21.0. The third-order valence-electron chi connectivity index (χ3n) is 6.61. The molecule has 1 aliphatic carbocycles. The molecule has 158 valence electrons. The Morgan fingerprint density at radius 2 is 2.00 bits per heavy atom. The SMILES string of the molecule is Cc1c(C(=O)N[C@H]2CCN(c3ccc4ncc(C)n4n3)C2)c(=O)n(C2CCC2)n1C. The van der Waals surface area contributed by atoms with Crippen LogP contribution in [-0.2, 0) is 7.05 Å². The second kappa shape index (κ2) is 7.00. The summed E-state index contributed by atoms with van der Waals surface area (Å²) in [6, 6.07) is 4.12. The first kappa shape index (κ1) is 18.9. The molecule has 30 heavy (non-hydrogen) atoms. The molecular weight excluding hydrogens is 382 g/mol. The molecule has 0 radical (unpaired) electrons. The van der Waals surface area contributed by atoms with Crippen molar-refractivity contribution in [3.63, 3.8) is 0 Å². The fourth-order valence-electron chi connectivity index (χ4n) is 4.52. The number of imidazole rings is 1. The number of anilines is 1. The summed E-state index contributed by atoms with van der Waals surface area (Å²) >= 11 is 0. The van der Waals surface area contributed by atoms with Crippen molar-refractivity contribution in [3.05, 3.63) is 45.6 Å². The first-order valence-corrected chi connectivity index (χ1v) is 10.6. The van der Waals surface area contributed by atoms with E-state index in [-0.39, 0.29) is 29.1 Å². The van der Waals surface area contributed by atoms with Crippen LogP contribution in [0.5, 0.6) is 0 Å². The molecule has 0 spiro atoms. The Kier molecular flexibility index (Phi) is 4.41. The number of carbonyl (C=O) groups is 1. The lowest BCUT2D eigenvalue weighted by molar-refractivity contribution is 0.0938. The van der Waals surface area contributed by atoms with Crippen LogP contribution in [0.2, 0.25) is 0 Å². The van der Waals surface area contributed by atoms with E-state index < -0.39 is 0 Å². The van der Waals surface area contributed by atoms with Crippen molar-refractivity contribution >= 4 is 17.4 Å². The molecule has 4 heterocycles. The Morgan fingerprint density at radius 3 is 2.73 bits per heavy atom. The number of aryl methyl sites for hydroxylation is 1. The number of carbonyl (C=O) groups excluding carboxylic acids is 1. The summed E-state index contributed by atoms with van der Waals surface area (Å²) < 4.78 is 5.42. The third-order valence-corrected chi connectivity index (χ3v) is 6.61. The van der Waals surface area contributed by atoms with Gasteiger partial charge in [0.2, 0.25) is 0 Å². The van der Waals surface area contributed by atoms with E-state index in [4.69, 9.17) is 0 Å². The van der Waals surface area contributed by atoms with Gasteiger partial charge in [-0.3, -0.25) is 14.3 Å². The van der Waals surface area contributed by atoms with Gasteiger partial charge in [-0.25, -0.2) is 14.2 Å². The highest BCUT2D eigenvalue weighted by atomic mass is 16.2. The normalized spacial score (nSPS) is 19.4. The zero-order valence-electron chi connectivity index (χ0n) is 17.6. The number of rotatable bonds is 4. The zero-order valence-corrected chi connectivity index (χ0v) is 17.6. The van der Waals surface area contributed by atoms with E-state index in [0.717, 1.165) is 55.1 Å². The number of nitrogens with zero attached hydrogens (tertiary/aromatic N) is 6. The van der Waals surface area contributed by atoms with Gasteiger partial charge in [0, 0.05) is 31.9 Å².